The first-order chi connectivity index (χ1) is 10.3. The molecule has 2 aliphatic rings. The van der Waals surface area contributed by atoms with Gasteiger partial charge >= 0.3 is 0 Å². The fourth-order valence-electron chi connectivity index (χ4n) is 3.24. The lowest BCUT2D eigenvalue weighted by Gasteiger charge is -2.21. The lowest BCUT2D eigenvalue weighted by atomic mass is 10.0. The SMILES string of the molecule is CC(CCc1ccc2c(c1)OCO2)NC1CCCC1C#N. The van der Waals surface area contributed by atoms with Crippen LogP contribution in [0.4, 0.5) is 0 Å². The maximum atomic E-state index is 9.13. The number of rotatable bonds is 5. The minimum absolute atomic E-state index is 0.193. The van der Waals surface area contributed by atoms with E-state index in [2.05, 4.69) is 30.4 Å². The number of benzene rings is 1. The third-order valence-corrected chi connectivity index (χ3v) is 4.48. The molecular weight excluding hydrogens is 264 g/mol. The average molecular weight is 286 g/mol. The van der Waals surface area contributed by atoms with Crippen molar-refractivity contribution >= 4 is 0 Å². The molecule has 21 heavy (non-hydrogen) atoms. The number of fused-ring (bicyclic) bond motifs is 1. The van der Waals surface area contributed by atoms with E-state index in [0.717, 1.165) is 37.2 Å². The Labute approximate surface area is 126 Å². The number of nitrogens with one attached hydrogen (secondary N) is 1. The standard InChI is InChI=1S/C17H22N2O2/c1-12(19-15-4-2-3-14(15)10-18)5-6-13-7-8-16-17(9-13)21-11-20-16/h7-9,12,14-15,19H,2-6,11H2,1H3. The van der Waals surface area contributed by atoms with E-state index in [9.17, 15) is 0 Å². The summed E-state index contributed by atoms with van der Waals surface area (Å²) in [5, 5.41) is 12.8. The summed E-state index contributed by atoms with van der Waals surface area (Å²) in [5.41, 5.74) is 1.27. The van der Waals surface area contributed by atoms with Gasteiger partial charge in [-0.15, -0.1) is 0 Å². The summed E-state index contributed by atoms with van der Waals surface area (Å²) < 4.78 is 10.7. The molecule has 1 N–H and O–H groups in total. The summed E-state index contributed by atoms with van der Waals surface area (Å²) in [6, 6.07) is 9.39. The molecule has 3 unspecified atom stereocenters. The van der Waals surface area contributed by atoms with Crippen LogP contribution in [0.5, 0.6) is 11.5 Å². The minimum atomic E-state index is 0.193. The molecule has 0 bridgehead atoms. The maximum absolute atomic E-state index is 9.13. The molecule has 3 atom stereocenters. The van der Waals surface area contributed by atoms with Crippen molar-refractivity contribution in [1.82, 2.24) is 5.32 Å². The Kier molecular flexibility index (Phi) is 4.31. The van der Waals surface area contributed by atoms with Crippen molar-refractivity contribution in [2.45, 2.75) is 51.1 Å². The van der Waals surface area contributed by atoms with E-state index >= 15 is 0 Å². The van der Waals surface area contributed by atoms with E-state index in [4.69, 9.17) is 14.7 Å². The topological polar surface area (TPSA) is 54.3 Å². The monoisotopic (exact) mass is 286 g/mol. The molecule has 4 heteroatoms. The van der Waals surface area contributed by atoms with Gasteiger partial charge in [0.2, 0.25) is 6.79 Å². The zero-order chi connectivity index (χ0) is 14.7. The van der Waals surface area contributed by atoms with Crippen LogP contribution in [-0.2, 0) is 6.42 Å². The first-order valence-electron chi connectivity index (χ1n) is 7.80. The van der Waals surface area contributed by atoms with Gasteiger partial charge in [0.05, 0.1) is 12.0 Å². The van der Waals surface area contributed by atoms with Gasteiger partial charge in [-0.05, 0) is 50.3 Å². The highest BCUT2D eigenvalue weighted by molar-refractivity contribution is 5.44. The van der Waals surface area contributed by atoms with Gasteiger partial charge in [-0.3, -0.25) is 0 Å². The third-order valence-electron chi connectivity index (χ3n) is 4.48. The highest BCUT2D eigenvalue weighted by Gasteiger charge is 2.27. The zero-order valence-electron chi connectivity index (χ0n) is 12.5. The van der Waals surface area contributed by atoms with E-state index < -0.39 is 0 Å². The molecule has 1 fully saturated rings. The van der Waals surface area contributed by atoms with Crippen LogP contribution in [0.3, 0.4) is 0 Å². The van der Waals surface area contributed by atoms with Crippen molar-refractivity contribution in [3.05, 3.63) is 23.8 Å². The van der Waals surface area contributed by atoms with Crippen LogP contribution in [0.2, 0.25) is 0 Å². The van der Waals surface area contributed by atoms with Crippen molar-refractivity contribution < 1.29 is 9.47 Å². The predicted molar refractivity (Wildman–Crippen MR) is 80.2 cm³/mol. The predicted octanol–water partition coefficient (Wildman–Crippen LogP) is 3.02. The number of hydrogen-bond acceptors (Lipinski definition) is 4. The summed E-state index contributed by atoms with van der Waals surface area (Å²) in [6.07, 6.45) is 5.42. The van der Waals surface area contributed by atoms with Crippen molar-refractivity contribution in [3.8, 4) is 17.6 Å². The Bertz CT molecular complexity index is 538. The van der Waals surface area contributed by atoms with E-state index in [1.807, 2.05) is 6.07 Å². The molecule has 112 valence electrons. The van der Waals surface area contributed by atoms with E-state index in [-0.39, 0.29) is 5.92 Å². The molecule has 0 saturated heterocycles. The summed E-state index contributed by atoms with van der Waals surface area (Å²) in [5.74, 6) is 1.89. The summed E-state index contributed by atoms with van der Waals surface area (Å²) in [6.45, 7) is 2.54. The largest absolute Gasteiger partial charge is 0.454 e. The van der Waals surface area contributed by atoms with E-state index in [1.165, 1.54) is 12.0 Å². The Morgan fingerprint density at radius 1 is 1.33 bits per heavy atom. The molecule has 1 saturated carbocycles. The van der Waals surface area contributed by atoms with Crippen molar-refractivity contribution in [2.75, 3.05) is 6.79 Å². The number of hydrogen-bond donors (Lipinski definition) is 1. The summed E-state index contributed by atoms with van der Waals surface area (Å²) >= 11 is 0. The Morgan fingerprint density at radius 2 is 2.19 bits per heavy atom. The quantitative estimate of drug-likeness (QED) is 0.904. The molecule has 1 heterocycles. The molecule has 0 amide bonds. The van der Waals surface area contributed by atoms with Gasteiger partial charge in [0, 0.05) is 12.1 Å². The fraction of sp³-hybridized carbons (Fsp3) is 0.588. The number of ether oxygens (including phenoxy) is 2. The highest BCUT2D eigenvalue weighted by Crippen LogP contribution is 2.33. The van der Waals surface area contributed by atoms with Crippen LogP contribution in [0.1, 0.15) is 38.2 Å². The van der Waals surface area contributed by atoms with Gasteiger partial charge in [-0.1, -0.05) is 12.5 Å². The lowest BCUT2D eigenvalue weighted by molar-refractivity contribution is 0.174. The third kappa shape index (κ3) is 3.30. The van der Waals surface area contributed by atoms with Crippen molar-refractivity contribution in [2.24, 2.45) is 5.92 Å². The van der Waals surface area contributed by atoms with E-state index in [1.54, 1.807) is 0 Å². The van der Waals surface area contributed by atoms with Gasteiger partial charge in [0.25, 0.3) is 0 Å². The Balaban J connectivity index is 1.49. The normalized spacial score (nSPS) is 24.8. The van der Waals surface area contributed by atoms with Crippen LogP contribution in [-0.4, -0.2) is 18.9 Å². The van der Waals surface area contributed by atoms with Crippen LogP contribution < -0.4 is 14.8 Å². The second-order valence-corrected chi connectivity index (χ2v) is 6.07. The van der Waals surface area contributed by atoms with Crippen molar-refractivity contribution in [3.63, 3.8) is 0 Å². The number of aryl methyl sites for hydroxylation is 1. The molecule has 4 nitrogen and oxygen atoms in total. The van der Waals surface area contributed by atoms with Gasteiger partial charge in [0.15, 0.2) is 11.5 Å². The first-order valence-corrected chi connectivity index (χ1v) is 7.80. The zero-order valence-corrected chi connectivity index (χ0v) is 12.5. The second kappa shape index (κ2) is 6.36. The molecule has 1 aromatic carbocycles. The number of nitrogens with zero attached hydrogens (tertiary/aromatic N) is 1. The number of nitriles is 1. The second-order valence-electron chi connectivity index (χ2n) is 6.07. The van der Waals surface area contributed by atoms with Gasteiger partial charge in [-0.2, -0.15) is 5.26 Å². The van der Waals surface area contributed by atoms with Crippen LogP contribution in [0.25, 0.3) is 0 Å². The lowest BCUT2D eigenvalue weighted by Crippen LogP contribution is -2.38. The molecule has 1 aliphatic heterocycles. The Morgan fingerprint density at radius 3 is 3.05 bits per heavy atom. The molecular formula is C17H22N2O2. The van der Waals surface area contributed by atoms with Crippen LogP contribution >= 0.6 is 0 Å². The fourth-order valence-corrected chi connectivity index (χ4v) is 3.24. The average Bonchev–Trinajstić information content (AvgIpc) is 3.12. The minimum Gasteiger partial charge on any atom is -0.454 e. The smallest absolute Gasteiger partial charge is 0.231 e. The molecule has 1 aliphatic carbocycles. The maximum Gasteiger partial charge on any atom is 0.231 e. The van der Waals surface area contributed by atoms with Crippen LogP contribution in [0, 0.1) is 17.2 Å². The molecule has 0 radical (unpaired) electrons. The first kappa shape index (κ1) is 14.2. The molecule has 1 aromatic rings. The Hall–Kier alpha value is -1.73. The van der Waals surface area contributed by atoms with Gasteiger partial charge < -0.3 is 14.8 Å². The summed E-state index contributed by atoms with van der Waals surface area (Å²) in [4.78, 5) is 0. The molecule has 3 rings (SSSR count). The molecule has 0 spiro atoms. The van der Waals surface area contributed by atoms with Gasteiger partial charge in [-0.25, -0.2) is 0 Å². The van der Waals surface area contributed by atoms with E-state index in [0.29, 0.717) is 18.9 Å². The highest BCUT2D eigenvalue weighted by atomic mass is 16.7. The molecule has 0 aromatic heterocycles. The summed E-state index contributed by atoms with van der Waals surface area (Å²) in [7, 11) is 0. The van der Waals surface area contributed by atoms with Gasteiger partial charge in [0.1, 0.15) is 0 Å². The van der Waals surface area contributed by atoms with Crippen molar-refractivity contribution in [1.29, 1.82) is 5.26 Å². The van der Waals surface area contributed by atoms with Crippen LogP contribution in [0.15, 0.2) is 18.2 Å².